The molecule has 6 N–H and O–H groups in total. The highest BCUT2D eigenvalue weighted by molar-refractivity contribution is 7.89. The predicted molar refractivity (Wildman–Crippen MR) is 265 cm³/mol. The number of aromatic nitrogens is 6. The molecule has 4 heterocycles. The van der Waals surface area contributed by atoms with Gasteiger partial charge in [0, 0.05) is 70.1 Å². The number of hydrogen-bond acceptors (Lipinski definition) is 14. The Bertz CT molecular complexity index is 3220. The maximum Gasteiger partial charge on any atom is 0.240 e. The van der Waals surface area contributed by atoms with Crippen LogP contribution in [0, 0.1) is 0 Å². The molecule has 0 aliphatic heterocycles. The van der Waals surface area contributed by atoms with Crippen molar-refractivity contribution >= 4 is 75.6 Å². The largest absolute Gasteiger partial charge is 0.493 e. The molecule has 0 radical (unpaired) electrons. The Morgan fingerprint density at radius 1 is 0.529 bits per heavy atom. The van der Waals surface area contributed by atoms with E-state index in [1.54, 1.807) is 50.6 Å². The molecule has 4 aromatic heterocycles. The summed E-state index contributed by atoms with van der Waals surface area (Å²) in [5, 5.41) is 1.98. The number of nitrogens with one attached hydrogen (secondary N) is 2. The maximum atomic E-state index is 12.8. The van der Waals surface area contributed by atoms with E-state index in [0.29, 0.717) is 99.2 Å². The lowest BCUT2D eigenvalue weighted by molar-refractivity contribution is 0.199. The number of methoxy groups -OCH3 is 4. The molecule has 4 aromatic carbocycles. The zero-order chi connectivity index (χ0) is 48.3. The third kappa shape index (κ3) is 11.3. The van der Waals surface area contributed by atoms with Crippen LogP contribution in [0.25, 0.3) is 43.9 Å². The Morgan fingerprint density at radius 2 is 0.985 bits per heavy atom. The number of unbranched alkanes of at least 4 members (excludes halogenated alkanes) is 2. The predicted octanol–water partition coefficient (Wildman–Crippen LogP) is 6.25. The quantitative estimate of drug-likeness (QED) is 0.0550. The molecule has 0 bridgehead atoms. The van der Waals surface area contributed by atoms with Crippen molar-refractivity contribution in [3.63, 3.8) is 0 Å². The summed E-state index contributed by atoms with van der Waals surface area (Å²) in [6, 6.07) is 28.6. The zero-order valence-corrected chi connectivity index (χ0v) is 40.3. The number of sulfonamides is 2. The van der Waals surface area contributed by atoms with Gasteiger partial charge in [-0.05, 0) is 62.1 Å². The van der Waals surface area contributed by atoms with Crippen LogP contribution in [-0.2, 0) is 55.5 Å². The summed E-state index contributed by atoms with van der Waals surface area (Å²) < 4.78 is 80.9. The highest BCUT2D eigenvalue weighted by atomic mass is 32.2. The number of nitrogen functional groups attached to an aromatic ring is 2. The van der Waals surface area contributed by atoms with Gasteiger partial charge >= 0.3 is 0 Å². The second kappa shape index (κ2) is 22.6. The van der Waals surface area contributed by atoms with Crippen LogP contribution in [0.2, 0.25) is 0 Å². The minimum absolute atomic E-state index is 0.122. The molecule has 0 atom stereocenters. The minimum Gasteiger partial charge on any atom is -0.493 e. The van der Waals surface area contributed by atoms with E-state index >= 15 is 0 Å². The molecule has 0 fully saturated rings. The molecular weight excluding hydrogens is 909 g/mol. The SMILES string of the molecule is COCCc1nc2c(N)nc3ccccc3c2n1CCCCNS(=O)(=O)c1ccc(OC)c(OC)c1.COCCc1nc2c(N)nc3ccccc3c2n1CCCCNS(=O)(=O)c1ccccc1. The first kappa shape index (κ1) is 49.5. The van der Waals surface area contributed by atoms with Crippen molar-refractivity contribution in [3.05, 3.63) is 109 Å². The number of fused-ring (bicyclic) bond motifs is 6. The fourth-order valence-electron chi connectivity index (χ4n) is 8.01. The summed E-state index contributed by atoms with van der Waals surface area (Å²) in [5.74, 6) is 3.38. The van der Waals surface area contributed by atoms with Crippen LogP contribution in [0.15, 0.2) is 107 Å². The van der Waals surface area contributed by atoms with Crippen molar-refractivity contribution in [2.75, 3.05) is 66.2 Å². The van der Waals surface area contributed by atoms with E-state index in [1.165, 1.54) is 26.4 Å². The summed E-state index contributed by atoms with van der Waals surface area (Å²) in [5.41, 5.74) is 17.4. The molecule has 0 spiro atoms. The molecule has 8 aromatic rings. The fraction of sp³-hybridized carbons (Fsp3) is 0.333. The molecule has 0 aliphatic carbocycles. The van der Waals surface area contributed by atoms with Gasteiger partial charge in [-0.1, -0.05) is 54.6 Å². The average molecular weight is 967 g/mol. The number of para-hydroxylation sites is 2. The number of benzene rings is 4. The molecule has 8 rings (SSSR count). The Balaban J connectivity index is 0.000000203. The van der Waals surface area contributed by atoms with Crippen LogP contribution in [0.3, 0.4) is 0 Å². The van der Waals surface area contributed by atoms with Crippen LogP contribution in [0.1, 0.15) is 37.3 Å². The Morgan fingerprint density at radius 3 is 1.46 bits per heavy atom. The second-order valence-corrected chi connectivity index (χ2v) is 19.3. The van der Waals surface area contributed by atoms with Gasteiger partial charge in [0.05, 0.1) is 59.3 Å². The Kier molecular flexibility index (Phi) is 16.4. The van der Waals surface area contributed by atoms with Gasteiger partial charge in [0.15, 0.2) is 23.1 Å². The summed E-state index contributed by atoms with van der Waals surface area (Å²) in [6.45, 7) is 3.07. The highest BCUT2D eigenvalue weighted by Crippen LogP contribution is 2.32. The molecule has 18 nitrogen and oxygen atoms in total. The number of pyridine rings is 2. The van der Waals surface area contributed by atoms with Crippen LogP contribution < -0.4 is 30.4 Å². The van der Waals surface area contributed by atoms with E-state index < -0.39 is 20.0 Å². The monoisotopic (exact) mass is 966 g/mol. The van der Waals surface area contributed by atoms with Gasteiger partial charge < -0.3 is 39.5 Å². The molecule has 0 unspecified atom stereocenters. The molecule has 0 saturated heterocycles. The lowest BCUT2D eigenvalue weighted by Crippen LogP contribution is -2.25. The third-order valence-electron chi connectivity index (χ3n) is 11.4. The molecular formula is C48H58N10O8S2. The van der Waals surface area contributed by atoms with E-state index in [4.69, 9.17) is 40.4 Å². The van der Waals surface area contributed by atoms with Crippen molar-refractivity contribution in [3.8, 4) is 11.5 Å². The van der Waals surface area contributed by atoms with Crippen molar-refractivity contribution in [1.82, 2.24) is 38.5 Å². The van der Waals surface area contributed by atoms with E-state index in [-0.39, 0.29) is 9.79 Å². The maximum absolute atomic E-state index is 12.8. The van der Waals surface area contributed by atoms with Crippen molar-refractivity contribution < 1.29 is 35.8 Å². The molecule has 68 heavy (non-hydrogen) atoms. The number of hydrogen-bond donors (Lipinski definition) is 4. The van der Waals surface area contributed by atoms with Crippen molar-refractivity contribution in [1.29, 1.82) is 0 Å². The zero-order valence-electron chi connectivity index (χ0n) is 38.6. The normalized spacial score (nSPS) is 11.9. The molecule has 0 amide bonds. The number of nitrogens with two attached hydrogens (primary N) is 2. The van der Waals surface area contributed by atoms with Gasteiger partial charge in [-0.15, -0.1) is 0 Å². The van der Waals surface area contributed by atoms with E-state index in [0.717, 1.165) is 57.3 Å². The van der Waals surface area contributed by atoms with E-state index in [1.807, 2.05) is 48.5 Å². The topological polar surface area (TPSA) is 243 Å². The summed E-state index contributed by atoms with van der Waals surface area (Å²) in [4.78, 5) is 18.9. The second-order valence-electron chi connectivity index (χ2n) is 15.8. The summed E-state index contributed by atoms with van der Waals surface area (Å²) >= 11 is 0. The number of rotatable bonds is 22. The Hall–Kier alpha value is -6.42. The first-order valence-corrected chi connectivity index (χ1v) is 25.2. The molecule has 0 aliphatic rings. The van der Waals surface area contributed by atoms with Crippen LogP contribution in [0.5, 0.6) is 11.5 Å². The minimum atomic E-state index is -3.69. The van der Waals surface area contributed by atoms with Gasteiger partial charge in [0.25, 0.3) is 0 Å². The molecule has 20 heteroatoms. The van der Waals surface area contributed by atoms with Gasteiger partial charge in [0.1, 0.15) is 22.7 Å². The smallest absolute Gasteiger partial charge is 0.240 e. The van der Waals surface area contributed by atoms with Crippen LogP contribution in [0.4, 0.5) is 11.6 Å². The van der Waals surface area contributed by atoms with Crippen LogP contribution in [-0.4, -0.2) is 101 Å². The number of nitrogens with zero attached hydrogens (tertiary/aromatic N) is 6. The van der Waals surface area contributed by atoms with Gasteiger partial charge in [-0.3, -0.25) is 0 Å². The molecule has 0 saturated carbocycles. The lowest BCUT2D eigenvalue weighted by Gasteiger charge is -2.12. The van der Waals surface area contributed by atoms with Gasteiger partial charge in [-0.25, -0.2) is 46.2 Å². The Labute approximate surface area is 396 Å². The van der Waals surface area contributed by atoms with Crippen LogP contribution >= 0.6 is 0 Å². The first-order chi connectivity index (χ1) is 32.9. The number of ether oxygens (including phenoxy) is 4. The van der Waals surface area contributed by atoms with Crippen molar-refractivity contribution in [2.45, 2.75) is 61.4 Å². The fourth-order valence-corrected chi connectivity index (χ4v) is 10.2. The first-order valence-electron chi connectivity index (χ1n) is 22.2. The third-order valence-corrected chi connectivity index (χ3v) is 14.3. The van der Waals surface area contributed by atoms with Crippen molar-refractivity contribution in [2.24, 2.45) is 0 Å². The van der Waals surface area contributed by atoms with E-state index in [2.05, 4.69) is 28.5 Å². The van der Waals surface area contributed by atoms with Gasteiger partial charge in [0.2, 0.25) is 20.0 Å². The number of anilines is 2. The standard InChI is InChI=1S/C25H31N5O5S.C23H27N5O3S/c1-33-15-12-22-29-23-24(18-8-4-5-9-19(18)28-25(23)26)30(22)14-7-6-13-27-36(31,32)17-10-11-20(34-2)21(16-17)35-3;1-31-16-13-20-27-21-22(18-11-5-6-12-19(18)26-23(21)24)28(20)15-8-7-14-25-32(29,30)17-9-3-2-4-10-17/h4-5,8-11,16,27H,6-7,12-15H2,1-3H3,(H2,26,28);2-6,9-12,25H,7-8,13-16H2,1H3,(H2,24,26). The number of imidazole rings is 2. The van der Waals surface area contributed by atoms with E-state index in [9.17, 15) is 16.8 Å². The summed E-state index contributed by atoms with van der Waals surface area (Å²) in [7, 11) is -0.893. The highest BCUT2D eigenvalue weighted by Gasteiger charge is 2.20. The van der Waals surface area contributed by atoms with Gasteiger partial charge in [-0.2, -0.15) is 0 Å². The average Bonchev–Trinajstić information content (AvgIpc) is 3.91. The summed E-state index contributed by atoms with van der Waals surface area (Å²) in [6.07, 6.45) is 4.11. The lowest BCUT2D eigenvalue weighted by atomic mass is 10.2. The molecule has 360 valence electrons. The number of aryl methyl sites for hydroxylation is 2.